The van der Waals surface area contributed by atoms with Crippen molar-refractivity contribution in [1.82, 2.24) is 19.8 Å². The van der Waals surface area contributed by atoms with Crippen LogP contribution in [0.5, 0.6) is 5.75 Å². The molecule has 0 bridgehead atoms. The number of carbonyl (C=O) groups is 4. The molecule has 11 heteroatoms. The summed E-state index contributed by atoms with van der Waals surface area (Å²) >= 11 is 0. The Morgan fingerprint density at radius 1 is 0.831 bits per heavy atom. The highest BCUT2D eigenvalue weighted by atomic mass is 16.5. The monoisotopic (exact) mass is 797 g/mol. The number of hydrogen-bond donors (Lipinski definition) is 2. The Kier molecular flexibility index (Phi) is 13.5. The van der Waals surface area contributed by atoms with E-state index < -0.39 is 11.9 Å². The predicted octanol–water partition coefficient (Wildman–Crippen LogP) is 8.31. The quantitative estimate of drug-likeness (QED) is 0.130. The van der Waals surface area contributed by atoms with Crippen molar-refractivity contribution in [2.45, 2.75) is 77.7 Å². The fourth-order valence-electron chi connectivity index (χ4n) is 8.90. The van der Waals surface area contributed by atoms with E-state index in [2.05, 4.69) is 18.3 Å². The van der Waals surface area contributed by atoms with Crippen LogP contribution in [0.3, 0.4) is 0 Å². The molecule has 59 heavy (non-hydrogen) atoms. The maximum absolute atomic E-state index is 14.0. The van der Waals surface area contributed by atoms with Gasteiger partial charge in [-0.2, -0.15) is 0 Å². The van der Waals surface area contributed by atoms with Gasteiger partial charge in [-0.15, -0.1) is 0 Å². The van der Waals surface area contributed by atoms with Crippen LogP contribution in [-0.2, 0) is 27.3 Å². The van der Waals surface area contributed by atoms with Gasteiger partial charge < -0.3 is 25.0 Å². The summed E-state index contributed by atoms with van der Waals surface area (Å²) in [5.74, 6) is 1.49. The number of benzene rings is 3. The van der Waals surface area contributed by atoms with Crippen LogP contribution in [0.25, 0.3) is 17.0 Å². The fourth-order valence-corrected chi connectivity index (χ4v) is 8.90. The summed E-state index contributed by atoms with van der Waals surface area (Å²) in [7, 11) is 1.59. The third kappa shape index (κ3) is 10.6. The zero-order valence-corrected chi connectivity index (χ0v) is 34.1. The zero-order chi connectivity index (χ0) is 41.3. The van der Waals surface area contributed by atoms with E-state index in [0.717, 1.165) is 52.8 Å². The number of anilines is 1. The molecule has 1 unspecified atom stereocenters. The molecule has 2 N–H and O–H groups in total. The van der Waals surface area contributed by atoms with Crippen molar-refractivity contribution in [3.63, 3.8) is 0 Å². The highest BCUT2D eigenvalue weighted by molar-refractivity contribution is 5.98. The van der Waals surface area contributed by atoms with E-state index in [1.165, 1.54) is 53.9 Å². The Balaban J connectivity index is 0.990. The summed E-state index contributed by atoms with van der Waals surface area (Å²) < 4.78 is 5.19. The van der Waals surface area contributed by atoms with E-state index >= 15 is 0 Å². The topological polar surface area (TPSA) is 142 Å². The second-order valence-electron chi connectivity index (χ2n) is 16.4. The number of aliphatic carboxylic acids is 1. The minimum Gasteiger partial charge on any atom is -0.497 e. The second-order valence-corrected chi connectivity index (χ2v) is 16.4. The first kappa shape index (κ1) is 41.3. The summed E-state index contributed by atoms with van der Waals surface area (Å²) in [5.41, 5.74) is 5.79. The number of carbonyl (C=O) groups excluding carboxylic acids is 3. The first-order valence-corrected chi connectivity index (χ1v) is 21.1. The number of carboxylic acids is 1. The van der Waals surface area contributed by atoms with Crippen molar-refractivity contribution in [2.24, 2.45) is 23.7 Å². The maximum atomic E-state index is 14.0. The third-order valence-electron chi connectivity index (χ3n) is 12.6. The molecule has 0 radical (unpaired) electrons. The Morgan fingerprint density at radius 2 is 1.53 bits per heavy atom. The SMILES string of the molecule is CC[C@H]1CC[C@H](C2CC=C(c3cnc(-c4ccc(CN(CC(=O)N5CC[C@H](C(=O)O)C5)C(=O)c5ccc(NC(=O)Cc6ccc(OC)cc6)cc5)cc4)nc3)CC2)CC1. The van der Waals surface area contributed by atoms with Crippen molar-refractivity contribution >= 4 is 35.0 Å². The molecule has 1 saturated heterocycles. The van der Waals surface area contributed by atoms with Crippen molar-refractivity contribution in [2.75, 3.05) is 32.1 Å². The lowest BCUT2D eigenvalue weighted by Crippen LogP contribution is -2.42. The van der Waals surface area contributed by atoms with Gasteiger partial charge in [0, 0.05) is 54.4 Å². The average Bonchev–Trinajstić information content (AvgIpc) is 3.79. The van der Waals surface area contributed by atoms with E-state index in [9.17, 15) is 24.3 Å². The van der Waals surface area contributed by atoms with Crippen LogP contribution in [0.15, 0.2) is 91.3 Å². The van der Waals surface area contributed by atoms with Crippen LogP contribution >= 0.6 is 0 Å². The molecule has 7 rings (SSSR count). The standard InChI is InChI=1S/C48H55N5O6/c1-3-32-4-10-35(11-5-32)36-14-16-37(17-15-36)41-27-49-46(50-28-41)38-12-6-34(7-13-38)29-53(31-45(55)52-25-24-40(30-52)48(57)58)47(56)39-18-20-42(21-19-39)51-44(54)26-33-8-22-43(59-2)23-9-33/h6-9,12-13,16,18-23,27-28,32,35-36,40H,3-5,10-11,14-15,17,24-26,29-31H2,1-2H3,(H,51,54)(H,57,58)/t32-,35-,36?,40-/m0/s1. The number of ether oxygens (including phenoxy) is 1. The lowest BCUT2D eigenvalue weighted by molar-refractivity contribution is -0.141. The minimum absolute atomic E-state index is 0.117. The second kappa shape index (κ2) is 19.3. The number of aromatic nitrogens is 2. The number of amides is 3. The van der Waals surface area contributed by atoms with E-state index in [-0.39, 0.29) is 43.8 Å². The van der Waals surface area contributed by atoms with Gasteiger partial charge in [0.1, 0.15) is 12.3 Å². The average molecular weight is 798 g/mol. The molecule has 3 amide bonds. The van der Waals surface area contributed by atoms with Crippen LogP contribution in [-0.4, -0.2) is 75.3 Å². The number of methoxy groups -OCH3 is 1. The van der Waals surface area contributed by atoms with Gasteiger partial charge >= 0.3 is 5.97 Å². The highest BCUT2D eigenvalue weighted by Gasteiger charge is 2.33. The van der Waals surface area contributed by atoms with Crippen LogP contribution in [0.4, 0.5) is 5.69 Å². The lowest BCUT2D eigenvalue weighted by atomic mass is 9.71. The molecule has 3 aliphatic rings. The van der Waals surface area contributed by atoms with Crippen LogP contribution in [0, 0.1) is 23.7 Å². The van der Waals surface area contributed by atoms with E-state index in [0.29, 0.717) is 35.8 Å². The third-order valence-corrected chi connectivity index (χ3v) is 12.6. The molecule has 2 fully saturated rings. The van der Waals surface area contributed by atoms with Crippen molar-refractivity contribution in [1.29, 1.82) is 0 Å². The molecule has 308 valence electrons. The molecular weight excluding hydrogens is 743 g/mol. The summed E-state index contributed by atoms with van der Waals surface area (Å²) in [6.07, 6.45) is 17.1. The molecule has 11 nitrogen and oxygen atoms in total. The van der Waals surface area contributed by atoms with Crippen LogP contribution in [0.2, 0.25) is 0 Å². The zero-order valence-electron chi connectivity index (χ0n) is 34.1. The number of likely N-dealkylation sites (tertiary alicyclic amines) is 1. The number of carboxylic acid groups (broad SMARTS) is 1. The van der Waals surface area contributed by atoms with E-state index in [4.69, 9.17) is 14.7 Å². The van der Waals surface area contributed by atoms with Crippen LogP contribution in [0.1, 0.15) is 91.8 Å². The summed E-state index contributed by atoms with van der Waals surface area (Å²) in [6.45, 7) is 2.70. The molecule has 0 spiro atoms. The highest BCUT2D eigenvalue weighted by Crippen LogP contribution is 2.41. The molecular formula is C48H55N5O6. The minimum atomic E-state index is -0.928. The maximum Gasteiger partial charge on any atom is 0.308 e. The number of rotatable bonds is 14. The Bertz CT molecular complexity index is 2110. The molecule has 2 aliphatic carbocycles. The number of nitrogens with zero attached hydrogens (tertiary/aromatic N) is 4. The van der Waals surface area contributed by atoms with Gasteiger partial charge in [0.25, 0.3) is 5.91 Å². The molecule has 3 aromatic carbocycles. The van der Waals surface area contributed by atoms with Gasteiger partial charge in [-0.05, 0) is 109 Å². The van der Waals surface area contributed by atoms with Crippen molar-refractivity contribution < 1.29 is 29.0 Å². The first-order valence-electron chi connectivity index (χ1n) is 21.1. The smallest absolute Gasteiger partial charge is 0.308 e. The molecule has 1 aliphatic heterocycles. The Morgan fingerprint density at radius 3 is 2.14 bits per heavy atom. The Labute approximate surface area is 346 Å². The van der Waals surface area contributed by atoms with Gasteiger partial charge in [-0.25, -0.2) is 9.97 Å². The van der Waals surface area contributed by atoms with Gasteiger partial charge in [0.2, 0.25) is 11.8 Å². The largest absolute Gasteiger partial charge is 0.497 e. The van der Waals surface area contributed by atoms with Gasteiger partial charge in [0.05, 0.1) is 19.4 Å². The summed E-state index contributed by atoms with van der Waals surface area (Å²) in [6, 6.07) is 21.5. The van der Waals surface area contributed by atoms with Gasteiger partial charge in [0.15, 0.2) is 5.82 Å². The number of nitrogens with one attached hydrogen (secondary N) is 1. The first-order chi connectivity index (χ1) is 28.6. The van der Waals surface area contributed by atoms with E-state index in [1.807, 2.05) is 48.8 Å². The molecule has 2 heterocycles. The van der Waals surface area contributed by atoms with Crippen LogP contribution < -0.4 is 10.1 Å². The van der Waals surface area contributed by atoms with Gasteiger partial charge in [-0.1, -0.05) is 68.7 Å². The number of allylic oxidation sites excluding steroid dienone is 2. The van der Waals surface area contributed by atoms with Gasteiger partial charge in [-0.3, -0.25) is 19.2 Å². The summed E-state index contributed by atoms with van der Waals surface area (Å²) in [4.78, 5) is 64.2. The normalized spacial score (nSPS) is 20.4. The fraction of sp³-hybridized carbons (Fsp3) is 0.417. The molecule has 4 aromatic rings. The molecule has 1 aromatic heterocycles. The Hall–Kier alpha value is -5.84. The predicted molar refractivity (Wildman–Crippen MR) is 227 cm³/mol. The van der Waals surface area contributed by atoms with Crippen molar-refractivity contribution in [3.8, 4) is 17.1 Å². The molecule has 1 saturated carbocycles. The van der Waals surface area contributed by atoms with Crippen molar-refractivity contribution in [3.05, 3.63) is 114 Å². The number of hydrogen-bond acceptors (Lipinski definition) is 7. The molecule has 2 atom stereocenters. The summed E-state index contributed by atoms with van der Waals surface area (Å²) in [5, 5.41) is 12.4. The van der Waals surface area contributed by atoms with E-state index in [1.54, 1.807) is 43.5 Å². The lowest BCUT2D eigenvalue weighted by Gasteiger charge is -2.35.